The van der Waals surface area contributed by atoms with E-state index >= 15 is 0 Å². The predicted molar refractivity (Wildman–Crippen MR) is 78.0 cm³/mol. The molecule has 7 heteroatoms. The highest BCUT2D eigenvalue weighted by Crippen LogP contribution is 2.33. The largest absolute Gasteiger partial charge is 0.480 e. The molecule has 3 rings (SSSR count). The van der Waals surface area contributed by atoms with Gasteiger partial charge >= 0.3 is 0 Å². The van der Waals surface area contributed by atoms with Gasteiger partial charge in [-0.05, 0) is 36.1 Å². The van der Waals surface area contributed by atoms with Crippen LogP contribution in [0.4, 0.5) is 0 Å². The number of hydrogen-bond donors (Lipinski definition) is 1. The number of nitrogens with one attached hydrogen (secondary N) is 1. The lowest BCUT2D eigenvalue weighted by Crippen LogP contribution is -2.38. The zero-order valence-corrected chi connectivity index (χ0v) is 12.9. The molecule has 1 aliphatic carbocycles. The van der Waals surface area contributed by atoms with Crippen LogP contribution in [0.5, 0.6) is 5.75 Å². The molecule has 21 heavy (non-hydrogen) atoms. The number of hydrogen-bond acceptors (Lipinski definition) is 4. The van der Waals surface area contributed by atoms with Crippen LogP contribution in [-0.4, -0.2) is 27.0 Å². The number of rotatable bonds is 5. The molecule has 2 aliphatic rings. The minimum absolute atomic E-state index is 0.0290. The molecule has 1 unspecified atom stereocenters. The number of halogens is 1. The minimum atomic E-state index is -3.76. The summed E-state index contributed by atoms with van der Waals surface area (Å²) in [5.41, 5.74) is 0.694. The predicted octanol–water partition coefficient (Wildman–Crippen LogP) is 1.83. The maximum atomic E-state index is 12.0. The highest BCUT2D eigenvalue weighted by Gasteiger charge is 2.30. The molecule has 1 aromatic carbocycles. The van der Waals surface area contributed by atoms with E-state index in [1.807, 2.05) is 0 Å². The first-order valence-electron chi connectivity index (χ1n) is 6.95. The fraction of sp³-hybridized carbons (Fsp3) is 0.500. The summed E-state index contributed by atoms with van der Waals surface area (Å²) in [5.74, 6) is 1.16. The van der Waals surface area contributed by atoms with Crippen LogP contribution in [0.3, 0.4) is 0 Å². The molecule has 0 radical (unpaired) electrons. The van der Waals surface area contributed by atoms with Gasteiger partial charge in [-0.2, -0.15) is 0 Å². The molecule has 1 amide bonds. The molecule has 1 N–H and O–H groups in total. The van der Waals surface area contributed by atoms with Gasteiger partial charge in [0.15, 0.2) is 6.10 Å². The highest BCUT2D eigenvalue weighted by atomic mass is 35.7. The normalized spacial score (nSPS) is 20.7. The molecule has 1 heterocycles. The molecule has 0 bridgehead atoms. The van der Waals surface area contributed by atoms with Crippen LogP contribution in [0.25, 0.3) is 0 Å². The summed E-state index contributed by atoms with van der Waals surface area (Å²) in [7, 11) is 1.55. The van der Waals surface area contributed by atoms with Gasteiger partial charge in [0.05, 0.1) is 4.90 Å². The van der Waals surface area contributed by atoms with Crippen LogP contribution in [0, 0.1) is 5.92 Å². The van der Waals surface area contributed by atoms with E-state index in [1.165, 1.54) is 25.0 Å². The zero-order valence-electron chi connectivity index (χ0n) is 11.3. The number of carbonyl (C=O) groups is 1. The van der Waals surface area contributed by atoms with Crippen LogP contribution in [0.2, 0.25) is 0 Å². The van der Waals surface area contributed by atoms with Gasteiger partial charge in [-0.15, -0.1) is 0 Å². The van der Waals surface area contributed by atoms with Gasteiger partial charge in [0, 0.05) is 23.6 Å². The topological polar surface area (TPSA) is 72.5 Å². The average Bonchev–Trinajstić information content (AvgIpc) is 3.13. The van der Waals surface area contributed by atoms with E-state index < -0.39 is 15.2 Å². The average molecular weight is 330 g/mol. The molecule has 5 nitrogen and oxygen atoms in total. The Bertz CT molecular complexity index is 670. The van der Waals surface area contributed by atoms with Crippen LogP contribution >= 0.6 is 10.7 Å². The summed E-state index contributed by atoms with van der Waals surface area (Å²) in [6, 6.07) is 4.39. The lowest BCUT2D eigenvalue weighted by molar-refractivity contribution is -0.127. The molecule has 0 saturated heterocycles. The molecule has 1 saturated carbocycles. The van der Waals surface area contributed by atoms with Gasteiger partial charge in [-0.3, -0.25) is 4.79 Å². The first-order valence-corrected chi connectivity index (χ1v) is 9.26. The second-order valence-electron chi connectivity index (χ2n) is 5.54. The Morgan fingerprint density at radius 1 is 1.38 bits per heavy atom. The molecular formula is C14H16ClNO4S. The van der Waals surface area contributed by atoms with Crippen molar-refractivity contribution in [2.45, 2.75) is 36.7 Å². The minimum Gasteiger partial charge on any atom is -0.480 e. The van der Waals surface area contributed by atoms with Crippen LogP contribution in [0.1, 0.15) is 24.8 Å². The van der Waals surface area contributed by atoms with E-state index in [0.717, 1.165) is 12.3 Å². The van der Waals surface area contributed by atoms with E-state index in [0.29, 0.717) is 24.3 Å². The van der Waals surface area contributed by atoms with Crippen LogP contribution < -0.4 is 10.1 Å². The smallest absolute Gasteiger partial charge is 0.261 e. The van der Waals surface area contributed by atoms with E-state index in [-0.39, 0.29) is 10.8 Å². The van der Waals surface area contributed by atoms with Crippen molar-refractivity contribution in [2.75, 3.05) is 6.54 Å². The second kappa shape index (κ2) is 5.50. The molecule has 1 aromatic rings. The van der Waals surface area contributed by atoms with E-state index in [4.69, 9.17) is 15.4 Å². The van der Waals surface area contributed by atoms with Crippen molar-refractivity contribution in [1.29, 1.82) is 0 Å². The zero-order chi connectivity index (χ0) is 15.0. The first-order chi connectivity index (χ1) is 9.93. The van der Waals surface area contributed by atoms with Crippen LogP contribution in [-0.2, 0) is 20.3 Å². The number of benzene rings is 1. The highest BCUT2D eigenvalue weighted by molar-refractivity contribution is 8.13. The maximum Gasteiger partial charge on any atom is 0.261 e. The Kier molecular flexibility index (Phi) is 3.84. The fourth-order valence-electron chi connectivity index (χ4n) is 2.44. The van der Waals surface area contributed by atoms with Crippen molar-refractivity contribution in [3.8, 4) is 5.75 Å². The summed E-state index contributed by atoms with van der Waals surface area (Å²) in [6.07, 6.45) is 3.31. The summed E-state index contributed by atoms with van der Waals surface area (Å²) in [6.45, 7) is 0.668. The molecule has 0 spiro atoms. The van der Waals surface area contributed by atoms with Crippen molar-refractivity contribution < 1.29 is 17.9 Å². The first kappa shape index (κ1) is 14.7. The Morgan fingerprint density at radius 2 is 2.14 bits per heavy atom. The van der Waals surface area contributed by atoms with Gasteiger partial charge < -0.3 is 10.1 Å². The Hall–Kier alpha value is -1.27. The third-order valence-corrected chi connectivity index (χ3v) is 5.18. The summed E-state index contributed by atoms with van der Waals surface area (Å²) >= 11 is 0. The third kappa shape index (κ3) is 3.49. The lowest BCUT2D eigenvalue weighted by Gasteiger charge is -2.10. The summed E-state index contributed by atoms with van der Waals surface area (Å²) in [4.78, 5) is 12.0. The molecule has 1 fully saturated rings. The Morgan fingerprint density at radius 3 is 2.81 bits per heavy atom. The summed E-state index contributed by atoms with van der Waals surface area (Å²) < 4.78 is 28.2. The monoisotopic (exact) mass is 329 g/mol. The number of fused-ring (bicyclic) bond motifs is 1. The Labute approximate surface area is 128 Å². The number of ether oxygens (including phenoxy) is 1. The lowest BCUT2D eigenvalue weighted by atomic mass is 10.1. The molecule has 114 valence electrons. The molecule has 1 aliphatic heterocycles. The third-order valence-electron chi connectivity index (χ3n) is 3.83. The van der Waals surface area contributed by atoms with Crippen molar-refractivity contribution in [3.63, 3.8) is 0 Å². The van der Waals surface area contributed by atoms with Gasteiger partial charge in [0.1, 0.15) is 5.75 Å². The van der Waals surface area contributed by atoms with Crippen molar-refractivity contribution >= 4 is 25.6 Å². The van der Waals surface area contributed by atoms with Crippen molar-refractivity contribution in [1.82, 2.24) is 5.32 Å². The quantitative estimate of drug-likeness (QED) is 0.837. The van der Waals surface area contributed by atoms with Crippen molar-refractivity contribution in [3.05, 3.63) is 23.8 Å². The van der Waals surface area contributed by atoms with Gasteiger partial charge in [0.25, 0.3) is 15.0 Å². The van der Waals surface area contributed by atoms with Crippen molar-refractivity contribution in [2.24, 2.45) is 5.92 Å². The van der Waals surface area contributed by atoms with Crippen LogP contribution in [0.15, 0.2) is 23.1 Å². The Balaban J connectivity index is 1.62. The number of carbonyl (C=O) groups excluding carboxylic acids is 1. The number of amides is 1. The molecule has 1 atom stereocenters. The standard InChI is InChI=1S/C14H16ClNO4S/c15-21(18,19)11-3-4-12-10(7-11)8-13(20-12)14(17)16-6-5-9-1-2-9/h3-4,7,9,13H,1-2,5-6,8H2,(H,16,17). The van der Waals surface area contributed by atoms with Gasteiger partial charge in [0.2, 0.25) is 0 Å². The summed E-state index contributed by atoms with van der Waals surface area (Å²) in [5, 5.41) is 2.87. The van der Waals surface area contributed by atoms with Gasteiger partial charge in [-0.1, -0.05) is 12.8 Å². The molecular weight excluding hydrogens is 314 g/mol. The fourth-order valence-corrected chi connectivity index (χ4v) is 3.24. The van der Waals surface area contributed by atoms with E-state index in [2.05, 4.69) is 5.32 Å². The van der Waals surface area contributed by atoms with E-state index in [9.17, 15) is 13.2 Å². The second-order valence-corrected chi connectivity index (χ2v) is 8.11. The molecule has 0 aromatic heterocycles. The SMILES string of the molecule is O=C(NCCC1CC1)C1Cc2cc(S(=O)(=O)Cl)ccc2O1. The maximum absolute atomic E-state index is 12.0. The van der Waals surface area contributed by atoms with E-state index in [1.54, 1.807) is 6.07 Å². The van der Waals surface area contributed by atoms with Gasteiger partial charge in [-0.25, -0.2) is 8.42 Å².